The number of carbonyl (C=O) groups excluding carboxylic acids is 1. The van der Waals surface area contributed by atoms with Crippen LogP contribution in [0, 0.1) is 6.92 Å². The lowest BCUT2D eigenvalue weighted by Gasteiger charge is -2.11. The molecule has 0 spiro atoms. The summed E-state index contributed by atoms with van der Waals surface area (Å²) in [6.07, 6.45) is 8.24. The van der Waals surface area contributed by atoms with Gasteiger partial charge in [0, 0.05) is 43.2 Å². The van der Waals surface area contributed by atoms with E-state index < -0.39 is 0 Å². The molecule has 0 saturated heterocycles. The number of aryl methyl sites for hydroxylation is 3. The molecule has 2 aromatic heterocycles. The Bertz CT molecular complexity index is 625. The largest absolute Gasteiger partial charge is 0.338 e. The van der Waals surface area contributed by atoms with Gasteiger partial charge >= 0.3 is 6.03 Å². The molecule has 2 amide bonds. The zero-order valence-corrected chi connectivity index (χ0v) is 13.6. The number of nitrogens with zero attached hydrogens (tertiary/aromatic N) is 3. The van der Waals surface area contributed by atoms with E-state index in [-0.39, 0.29) is 6.03 Å². The molecule has 0 aromatic carbocycles. The Morgan fingerprint density at radius 2 is 2.32 bits per heavy atom. The smallest absolute Gasteiger partial charge is 0.315 e. The fraction of sp³-hybridized carbons (Fsp3) is 0.533. The molecular formula is C15H21N5OS. The molecule has 1 aliphatic heterocycles. The van der Waals surface area contributed by atoms with Crippen LogP contribution in [-0.2, 0) is 25.9 Å². The Hall–Kier alpha value is -1.89. The maximum Gasteiger partial charge on any atom is 0.315 e. The van der Waals surface area contributed by atoms with Crippen molar-refractivity contribution in [3.8, 4) is 0 Å². The molecule has 22 heavy (non-hydrogen) atoms. The van der Waals surface area contributed by atoms with E-state index in [0.29, 0.717) is 13.1 Å². The van der Waals surface area contributed by atoms with Gasteiger partial charge in [0.1, 0.15) is 10.8 Å². The first-order valence-electron chi connectivity index (χ1n) is 7.68. The van der Waals surface area contributed by atoms with E-state index >= 15 is 0 Å². The average molecular weight is 319 g/mol. The molecule has 0 fully saturated rings. The van der Waals surface area contributed by atoms with Crippen molar-refractivity contribution in [3.63, 3.8) is 0 Å². The van der Waals surface area contributed by atoms with E-state index in [1.54, 1.807) is 11.3 Å². The van der Waals surface area contributed by atoms with Crippen LogP contribution in [0.2, 0.25) is 0 Å². The van der Waals surface area contributed by atoms with E-state index in [1.807, 2.05) is 13.1 Å². The molecule has 1 aliphatic rings. The highest BCUT2D eigenvalue weighted by atomic mass is 32.1. The molecule has 0 saturated carbocycles. The van der Waals surface area contributed by atoms with Gasteiger partial charge in [-0.1, -0.05) is 0 Å². The molecule has 2 N–H and O–H groups in total. The van der Waals surface area contributed by atoms with Crippen molar-refractivity contribution in [3.05, 3.63) is 33.8 Å². The number of imidazole rings is 1. The van der Waals surface area contributed by atoms with Crippen LogP contribution in [0.15, 0.2) is 12.4 Å². The van der Waals surface area contributed by atoms with E-state index in [4.69, 9.17) is 0 Å². The number of hydrogen-bond donors (Lipinski definition) is 2. The minimum Gasteiger partial charge on any atom is -0.338 e. The molecule has 118 valence electrons. The maximum absolute atomic E-state index is 11.7. The van der Waals surface area contributed by atoms with Gasteiger partial charge in [-0.05, 0) is 19.8 Å². The van der Waals surface area contributed by atoms with Crippen molar-refractivity contribution in [1.29, 1.82) is 0 Å². The number of hydrogen-bond acceptors (Lipinski definition) is 4. The molecule has 6 nitrogen and oxygen atoms in total. The molecule has 3 rings (SSSR count). The Labute approximate surface area is 134 Å². The minimum absolute atomic E-state index is 0.156. The number of nitrogens with one attached hydrogen (secondary N) is 2. The van der Waals surface area contributed by atoms with Crippen LogP contribution in [0.25, 0.3) is 0 Å². The van der Waals surface area contributed by atoms with Crippen molar-refractivity contribution >= 4 is 17.4 Å². The summed E-state index contributed by atoms with van der Waals surface area (Å²) in [6.45, 7) is 4.15. The number of carbonyl (C=O) groups is 1. The van der Waals surface area contributed by atoms with Gasteiger partial charge in [-0.25, -0.2) is 14.8 Å². The third-order valence-electron chi connectivity index (χ3n) is 3.69. The molecule has 0 radical (unpaired) electrons. The predicted octanol–water partition coefficient (Wildman–Crippen LogP) is 2.03. The number of rotatable bonds is 5. The molecule has 0 aliphatic carbocycles. The molecule has 0 bridgehead atoms. The fourth-order valence-corrected chi connectivity index (χ4v) is 3.32. The zero-order chi connectivity index (χ0) is 15.4. The Kier molecular flexibility index (Phi) is 4.72. The van der Waals surface area contributed by atoms with Gasteiger partial charge in [0.15, 0.2) is 0 Å². The Balaban J connectivity index is 1.39. The topological polar surface area (TPSA) is 71.8 Å². The molecule has 3 heterocycles. The SMILES string of the molecule is Cc1cnc(CNC(=O)NCCc2cn3c(n2)CCCC3)s1. The number of amides is 2. The van der Waals surface area contributed by atoms with E-state index in [2.05, 4.69) is 31.4 Å². The van der Waals surface area contributed by atoms with Crippen LogP contribution < -0.4 is 10.6 Å². The number of urea groups is 1. The standard InChI is InChI=1S/C15H21N5OS/c1-11-8-17-14(22-11)9-18-15(21)16-6-5-12-10-20-7-3-2-4-13(20)19-12/h8,10H,2-7,9H2,1H3,(H2,16,18,21). The fourth-order valence-electron chi connectivity index (χ4n) is 2.60. The van der Waals surface area contributed by atoms with Gasteiger partial charge in [0.05, 0.1) is 12.2 Å². The number of fused-ring (bicyclic) bond motifs is 1. The predicted molar refractivity (Wildman–Crippen MR) is 86.0 cm³/mol. The van der Waals surface area contributed by atoms with Crippen LogP contribution in [0.3, 0.4) is 0 Å². The van der Waals surface area contributed by atoms with Gasteiger partial charge in [0.2, 0.25) is 0 Å². The number of thiazole rings is 1. The second-order valence-corrected chi connectivity index (χ2v) is 6.84. The molecule has 0 atom stereocenters. The highest BCUT2D eigenvalue weighted by Gasteiger charge is 2.12. The van der Waals surface area contributed by atoms with E-state index in [1.165, 1.54) is 18.7 Å². The first-order chi connectivity index (χ1) is 10.7. The normalized spacial score (nSPS) is 13.7. The summed E-state index contributed by atoms with van der Waals surface area (Å²) in [5.74, 6) is 1.19. The second kappa shape index (κ2) is 6.91. The molecular weight excluding hydrogens is 298 g/mol. The van der Waals surface area contributed by atoms with Gasteiger partial charge in [-0.3, -0.25) is 0 Å². The summed E-state index contributed by atoms with van der Waals surface area (Å²) in [5.41, 5.74) is 1.06. The third-order valence-corrected chi connectivity index (χ3v) is 4.61. The lowest BCUT2D eigenvalue weighted by molar-refractivity contribution is 0.240. The third kappa shape index (κ3) is 3.85. The molecule has 2 aromatic rings. The van der Waals surface area contributed by atoms with Gasteiger partial charge in [-0.2, -0.15) is 0 Å². The quantitative estimate of drug-likeness (QED) is 0.886. The summed E-state index contributed by atoms with van der Waals surface area (Å²) < 4.78 is 2.24. The van der Waals surface area contributed by atoms with Crippen LogP contribution in [0.5, 0.6) is 0 Å². The van der Waals surface area contributed by atoms with Crippen LogP contribution in [0.4, 0.5) is 4.79 Å². The van der Waals surface area contributed by atoms with E-state index in [9.17, 15) is 4.79 Å². The first-order valence-corrected chi connectivity index (χ1v) is 8.50. The van der Waals surface area contributed by atoms with Crippen molar-refractivity contribution in [2.24, 2.45) is 0 Å². The summed E-state index contributed by atoms with van der Waals surface area (Å²) in [7, 11) is 0. The van der Waals surface area contributed by atoms with Gasteiger partial charge in [-0.15, -0.1) is 11.3 Å². The Morgan fingerprint density at radius 3 is 3.09 bits per heavy atom. The van der Waals surface area contributed by atoms with Crippen molar-refractivity contribution in [2.45, 2.75) is 45.7 Å². The number of aromatic nitrogens is 3. The summed E-state index contributed by atoms with van der Waals surface area (Å²) in [5, 5.41) is 6.61. The maximum atomic E-state index is 11.7. The van der Waals surface area contributed by atoms with Crippen molar-refractivity contribution in [1.82, 2.24) is 25.2 Å². The average Bonchev–Trinajstić information content (AvgIpc) is 3.10. The van der Waals surface area contributed by atoms with Crippen molar-refractivity contribution < 1.29 is 4.79 Å². The van der Waals surface area contributed by atoms with Crippen LogP contribution in [0.1, 0.15) is 34.2 Å². The summed E-state index contributed by atoms with van der Waals surface area (Å²) in [4.78, 5) is 21.7. The molecule has 0 unspecified atom stereocenters. The molecule has 7 heteroatoms. The zero-order valence-electron chi connectivity index (χ0n) is 12.8. The summed E-state index contributed by atoms with van der Waals surface area (Å²) in [6, 6.07) is -0.156. The first kappa shape index (κ1) is 15.0. The van der Waals surface area contributed by atoms with E-state index in [0.717, 1.165) is 35.0 Å². The van der Waals surface area contributed by atoms with Crippen LogP contribution >= 0.6 is 11.3 Å². The van der Waals surface area contributed by atoms with Crippen molar-refractivity contribution in [2.75, 3.05) is 6.54 Å². The van der Waals surface area contributed by atoms with Crippen LogP contribution in [-0.4, -0.2) is 27.1 Å². The highest BCUT2D eigenvalue weighted by Crippen LogP contribution is 2.14. The van der Waals surface area contributed by atoms with Gasteiger partial charge in [0.25, 0.3) is 0 Å². The lowest BCUT2D eigenvalue weighted by atomic mass is 10.2. The second-order valence-electron chi connectivity index (χ2n) is 5.52. The highest BCUT2D eigenvalue weighted by molar-refractivity contribution is 7.11. The monoisotopic (exact) mass is 319 g/mol. The Morgan fingerprint density at radius 1 is 1.41 bits per heavy atom. The summed E-state index contributed by atoms with van der Waals surface area (Å²) >= 11 is 1.60. The minimum atomic E-state index is -0.156. The van der Waals surface area contributed by atoms with Gasteiger partial charge < -0.3 is 15.2 Å². The lowest BCUT2D eigenvalue weighted by Crippen LogP contribution is -2.36.